The molecular weight excluding hydrogens is 270 g/mol. The predicted octanol–water partition coefficient (Wildman–Crippen LogP) is 2.66. The second-order valence-electron chi connectivity index (χ2n) is 4.42. The van der Waals surface area contributed by atoms with Gasteiger partial charge in [-0.3, -0.25) is 0 Å². The van der Waals surface area contributed by atoms with Crippen LogP contribution >= 0.6 is 15.9 Å². The fraction of sp³-hybridized carbons (Fsp3) is 0.500. The van der Waals surface area contributed by atoms with Crippen molar-refractivity contribution in [3.8, 4) is 11.5 Å². The minimum absolute atomic E-state index is 0.0332. The summed E-state index contributed by atoms with van der Waals surface area (Å²) in [5.41, 5.74) is 1.07. The largest absolute Gasteiger partial charge is 0.504 e. The molecule has 1 aromatic rings. The van der Waals surface area contributed by atoms with Gasteiger partial charge in [0.15, 0.2) is 11.5 Å². The summed E-state index contributed by atoms with van der Waals surface area (Å²) in [5.74, 6) is 0.653. The van der Waals surface area contributed by atoms with E-state index in [2.05, 4.69) is 35.1 Å². The van der Waals surface area contributed by atoms with Crippen LogP contribution in [0, 0.1) is 0 Å². The number of hydrogen-bond donors (Lipinski definition) is 2. The Bertz CT molecular complexity index is 378. The minimum atomic E-state index is -0.0332. The summed E-state index contributed by atoms with van der Waals surface area (Å²) in [4.78, 5) is 0. The molecule has 1 rings (SSSR count). The minimum Gasteiger partial charge on any atom is -0.504 e. The molecule has 0 spiro atoms. The lowest BCUT2D eigenvalue weighted by molar-refractivity contribution is 0.370. The normalized spacial score (nSPS) is 11.6. The van der Waals surface area contributed by atoms with Crippen molar-refractivity contribution < 1.29 is 9.84 Å². The first kappa shape index (κ1) is 13.3. The SMILES string of the molecule is CNCC(C)(C)c1cc(OC)c(O)cc1Br. The third-order valence-electron chi connectivity index (χ3n) is 2.62. The molecule has 0 bridgehead atoms. The monoisotopic (exact) mass is 287 g/mol. The standard InChI is InChI=1S/C12H18BrNO2/c1-12(2,7-14-3)8-5-11(16-4)10(15)6-9(8)13/h5-6,14-15H,7H2,1-4H3. The molecule has 0 heterocycles. The van der Waals surface area contributed by atoms with Crippen LogP contribution in [-0.4, -0.2) is 25.8 Å². The van der Waals surface area contributed by atoms with Crippen LogP contribution in [0.1, 0.15) is 19.4 Å². The Hall–Kier alpha value is -0.740. The molecule has 0 amide bonds. The van der Waals surface area contributed by atoms with Crippen LogP contribution < -0.4 is 10.1 Å². The quantitative estimate of drug-likeness (QED) is 0.895. The molecule has 0 unspecified atom stereocenters. The molecule has 0 aliphatic heterocycles. The van der Waals surface area contributed by atoms with E-state index in [0.717, 1.165) is 16.6 Å². The molecule has 0 aliphatic carbocycles. The van der Waals surface area contributed by atoms with Gasteiger partial charge in [-0.25, -0.2) is 0 Å². The van der Waals surface area contributed by atoms with E-state index in [0.29, 0.717) is 5.75 Å². The Kier molecular flexibility index (Phi) is 4.21. The van der Waals surface area contributed by atoms with Gasteiger partial charge >= 0.3 is 0 Å². The first-order valence-corrected chi connectivity index (χ1v) is 5.93. The molecule has 0 radical (unpaired) electrons. The Morgan fingerprint density at radius 1 is 1.44 bits per heavy atom. The average molecular weight is 288 g/mol. The van der Waals surface area contributed by atoms with Crippen LogP contribution in [0.5, 0.6) is 11.5 Å². The molecule has 4 heteroatoms. The molecule has 0 saturated carbocycles. The van der Waals surface area contributed by atoms with Gasteiger partial charge in [0.05, 0.1) is 7.11 Å². The third-order valence-corrected chi connectivity index (χ3v) is 3.27. The first-order chi connectivity index (χ1) is 7.42. The van der Waals surface area contributed by atoms with Crippen LogP contribution in [-0.2, 0) is 5.41 Å². The van der Waals surface area contributed by atoms with Crippen molar-refractivity contribution in [1.29, 1.82) is 0 Å². The lowest BCUT2D eigenvalue weighted by Crippen LogP contribution is -2.31. The van der Waals surface area contributed by atoms with Crippen molar-refractivity contribution >= 4 is 15.9 Å². The highest BCUT2D eigenvalue weighted by Gasteiger charge is 2.24. The number of rotatable bonds is 4. The molecule has 2 N–H and O–H groups in total. The highest BCUT2D eigenvalue weighted by molar-refractivity contribution is 9.10. The lowest BCUT2D eigenvalue weighted by Gasteiger charge is -2.26. The van der Waals surface area contributed by atoms with Crippen molar-refractivity contribution in [3.05, 3.63) is 22.2 Å². The van der Waals surface area contributed by atoms with E-state index < -0.39 is 0 Å². The van der Waals surface area contributed by atoms with Crippen LogP contribution in [0.3, 0.4) is 0 Å². The second kappa shape index (κ2) is 5.06. The van der Waals surface area contributed by atoms with E-state index in [4.69, 9.17) is 4.74 Å². The number of halogens is 1. The number of phenolic OH excluding ortho intramolecular Hbond substituents is 1. The number of methoxy groups -OCH3 is 1. The van der Waals surface area contributed by atoms with Crippen molar-refractivity contribution in [2.24, 2.45) is 0 Å². The Morgan fingerprint density at radius 3 is 2.56 bits per heavy atom. The van der Waals surface area contributed by atoms with Gasteiger partial charge in [-0.2, -0.15) is 0 Å². The van der Waals surface area contributed by atoms with E-state index >= 15 is 0 Å². The highest BCUT2D eigenvalue weighted by atomic mass is 79.9. The van der Waals surface area contributed by atoms with Crippen LogP contribution in [0.2, 0.25) is 0 Å². The molecule has 3 nitrogen and oxygen atoms in total. The summed E-state index contributed by atoms with van der Waals surface area (Å²) in [7, 11) is 3.48. The van der Waals surface area contributed by atoms with E-state index in [1.165, 1.54) is 0 Å². The topological polar surface area (TPSA) is 41.5 Å². The van der Waals surface area contributed by atoms with Gasteiger partial charge in [0.25, 0.3) is 0 Å². The molecule has 16 heavy (non-hydrogen) atoms. The van der Waals surface area contributed by atoms with Gasteiger partial charge in [0, 0.05) is 16.4 Å². The van der Waals surface area contributed by atoms with Gasteiger partial charge in [0.1, 0.15) is 0 Å². The van der Waals surface area contributed by atoms with E-state index in [-0.39, 0.29) is 11.2 Å². The summed E-state index contributed by atoms with van der Waals surface area (Å²) >= 11 is 3.47. The Morgan fingerprint density at radius 2 is 2.06 bits per heavy atom. The summed E-state index contributed by atoms with van der Waals surface area (Å²) in [6.45, 7) is 5.12. The average Bonchev–Trinajstić information content (AvgIpc) is 2.17. The van der Waals surface area contributed by atoms with E-state index in [9.17, 15) is 5.11 Å². The van der Waals surface area contributed by atoms with Crippen LogP contribution in [0.25, 0.3) is 0 Å². The molecule has 90 valence electrons. The van der Waals surface area contributed by atoms with Crippen LogP contribution in [0.15, 0.2) is 16.6 Å². The zero-order valence-corrected chi connectivity index (χ0v) is 11.7. The van der Waals surface area contributed by atoms with Gasteiger partial charge in [-0.1, -0.05) is 29.8 Å². The Balaban J connectivity index is 3.22. The third kappa shape index (κ3) is 2.68. The summed E-state index contributed by atoms with van der Waals surface area (Å²) < 4.78 is 6.02. The molecule has 0 saturated heterocycles. The van der Waals surface area contributed by atoms with Crippen LogP contribution in [0.4, 0.5) is 0 Å². The summed E-state index contributed by atoms with van der Waals surface area (Å²) in [5, 5.41) is 12.8. The number of hydrogen-bond acceptors (Lipinski definition) is 3. The molecule has 0 aliphatic rings. The molecule has 0 aromatic heterocycles. The number of ether oxygens (including phenoxy) is 1. The maximum Gasteiger partial charge on any atom is 0.160 e. The molecule has 1 aromatic carbocycles. The van der Waals surface area contributed by atoms with Gasteiger partial charge in [-0.05, 0) is 24.7 Å². The molecular formula is C12H18BrNO2. The first-order valence-electron chi connectivity index (χ1n) is 5.14. The number of nitrogens with one attached hydrogen (secondary N) is 1. The van der Waals surface area contributed by atoms with Gasteiger partial charge in [-0.15, -0.1) is 0 Å². The number of phenols is 1. The van der Waals surface area contributed by atoms with E-state index in [1.54, 1.807) is 13.2 Å². The second-order valence-corrected chi connectivity index (χ2v) is 5.27. The lowest BCUT2D eigenvalue weighted by atomic mass is 9.84. The molecule has 0 fully saturated rings. The maximum atomic E-state index is 9.64. The predicted molar refractivity (Wildman–Crippen MR) is 69.3 cm³/mol. The van der Waals surface area contributed by atoms with Crippen molar-refractivity contribution in [3.63, 3.8) is 0 Å². The van der Waals surface area contributed by atoms with E-state index in [1.807, 2.05) is 13.1 Å². The Labute approximate surface area is 105 Å². The summed E-state index contributed by atoms with van der Waals surface area (Å²) in [6, 6.07) is 3.54. The number of aromatic hydroxyl groups is 1. The maximum absolute atomic E-state index is 9.64. The molecule has 0 atom stereocenters. The highest BCUT2D eigenvalue weighted by Crippen LogP contribution is 2.38. The number of likely N-dealkylation sites (N-methyl/N-ethyl adjacent to an activating group) is 1. The zero-order chi connectivity index (χ0) is 12.3. The van der Waals surface area contributed by atoms with Crippen molar-refractivity contribution in [2.45, 2.75) is 19.3 Å². The van der Waals surface area contributed by atoms with Gasteiger partial charge < -0.3 is 15.2 Å². The fourth-order valence-corrected chi connectivity index (χ4v) is 2.63. The smallest absolute Gasteiger partial charge is 0.160 e. The summed E-state index contributed by atoms with van der Waals surface area (Å²) in [6.07, 6.45) is 0. The van der Waals surface area contributed by atoms with Crippen molar-refractivity contribution in [2.75, 3.05) is 20.7 Å². The number of benzene rings is 1. The fourth-order valence-electron chi connectivity index (χ4n) is 1.76. The zero-order valence-electron chi connectivity index (χ0n) is 10.1. The van der Waals surface area contributed by atoms with Crippen molar-refractivity contribution in [1.82, 2.24) is 5.32 Å². The van der Waals surface area contributed by atoms with Gasteiger partial charge in [0.2, 0.25) is 0 Å².